The maximum atomic E-state index is 11.7. The zero-order valence-corrected chi connectivity index (χ0v) is 13.6. The monoisotopic (exact) mass is 341 g/mol. The van der Waals surface area contributed by atoms with Gasteiger partial charge in [0, 0.05) is 18.0 Å². The third-order valence-corrected chi connectivity index (χ3v) is 3.89. The standard InChI is InChI=1S/C14H16ClN3O3S/c1-2-21-12(19)4-3-7-16-13(20)18-14-17-10-6-5-9(15)8-11(10)22-14/h5-6,8H,2-4,7H2,1H3,(H2,16,17,18,20). The molecule has 2 aromatic rings. The highest BCUT2D eigenvalue weighted by atomic mass is 35.5. The topological polar surface area (TPSA) is 80.3 Å². The number of amides is 2. The molecule has 2 N–H and O–H groups in total. The molecule has 1 aromatic carbocycles. The van der Waals surface area contributed by atoms with Gasteiger partial charge in [0.15, 0.2) is 5.13 Å². The first-order chi connectivity index (χ1) is 10.6. The zero-order chi connectivity index (χ0) is 15.9. The van der Waals surface area contributed by atoms with Crippen LogP contribution in [0.4, 0.5) is 9.93 Å². The molecule has 0 saturated carbocycles. The SMILES string of the molecule is CCOC(=O)CCCNC(=O)Nc1nc2ccc(Cl)cc2s1. The van der Waals surface area contributed by atoms with Gasteiger partial charge in [0.05, 0.1) is 16.8 Å². The smallest absolute Gasteiger partial charge is 0.321 e. The van der Waals surface area contributed by atoms with Gasteiger partial charge < -0.3 is 10.1 Å². The molecule has 0 aliphatic rings. The van der Waals surface area contributed by atoms with Crippen LogP contribution in [0, 0.1) is 0 Å². The average Bonchev–Trinajstić information content (AvgIpc) is 2.85. The summed E-state index contributed by atoms with van der Waals surface area (Å²) in [5.41, 5.74) is 0.784. The molecule has 1 aromatic heterocycles. The number of nitrogens with zero attached hydrogens (tertiary/aromatic N) is 1. The highest BCUT2D eigenvalue weighted by molar-refractivity contribution is 7.22. The number of carbonyl (C=O) groups excluding carboxylic acids is 2. The van der Waals surface area contributed by atoms with Crippen LogP contribution in [0.25, 0.3) is 10.2 Å². The number of hydrogen-bond acceptors (Lipinski definition) is 5. The van der Waals surface area contributed by atoms with E-state index < -0.39 is 0 Å². The van der Waals surface area contributed by atoms with E-state index in [1.807, 2.05) is 0 Å². The van der Waals surface area contributed by atoms with Gasteiger partial charge in [-0.15, -0.1) is 0 Å². The molecule has 0 saturated heterocycles. The number of fused-ring (bicyclic) bond motifs is 1. The number of thiazole rings is 1. The number of urea groups is 1. The van der Waals surface area contributed by atoms with E-state index in [1.165, 1.54) is 11.3 Å². The Balaban J connectivity index is 1.77. The van der Waals surface area contributed by atoms with E-state index in [0.717, 1.165) is 10.2 Å². The zero-order valence-electron chi connectivity index (χ0n) is 12.0. The van der Waals surface area contributed by atoms with Gasteiger partial charge in [-0.05, 0) is 31.5 Å². The van der Waals surface area contributed by atoms with Crippen molar-refractivity contribution in [3.05, 3.63) is 23.2 Å². The van der Waals surface area contributed by atoms with E-state index in [1.54, 1.807) is 25.1 Å². The van der Waals surface area contributed by atoms with Crippen molar-refractivity contribution in [2.45, 2.75) is 19.8 Å². The Bertz CT molecular complexity index is 674. The maximum Gasteiger partial charge on any atom is 0.321 e. The van der Waals surface area contributed by atoms with Crippen molar-refractivity contribution in [3.63, 3.8) is 0 Å². The number of rotatable bonds is 6. The minimum Gasteiger partial charge on any atom is -0.466 e. The largest absolute Gasteiger partial charge is 0.466 e. The minimum atomic E-state index is -0.353. The molecular weight excluding hydrogens is 326 g/mol. The van der Waals surface area contributed by atoms with Crippen LogP contribution in [-0.4, -0.2) is 30.1 Å². The van der Waals surface area contributed by atoms with Gasteiger partial charge in [0.2, 0.25) is 0 Å². The third-order valence-electron chi connectivity index (χ3n) is 2.72. The molecule has 6 nitrogen and oxygen atoms in total. The molecule has 0 aliphatic heterocycles. The summed E-state index contributed by atoms with van der Waals surface area (Å²) in [6.45, 7) is 2.52. The fourth-order valence-electron chi connectivity index (χ4n) is 1.76. The summed E-state index contributed by atoms with van der Waals surface area (Å²) in [5.74, 6) is -0.257. The predicted octanol–water partition coefficient (Wildman–Crippen LogP) is 3.41. The van der Waals surface area contributed by atoms with E-state index in [2.05, 4.69) is 15.6 Å². The predicted molar refractivity (Wildman–Crippen MR) is 87.5 cm³/mol. The highest BCUT2D eigenvalue weighted by Crippen LogP contribution is 2.28. The van der Waals surface area contributed by atoms with Crippen LogP contribution in [0.15, 0.2) is 18.2 Å². The Morgan fingerprint density at radius 1 is 1.41 bits per heavy atom. The van der Waals surface area contributed by atoms with Crippen LogP contribution < -0.4 is 10.6 Å². The Kier molecular flexibility index (Phi) is 5.97. The van der Waals surface area contributed by atoms with Gasteiger partial charge in [-0.25, -0.2) is 9.78 Å². The van der Waals surface area contributed by atoms with E-state index in [0.29, 0.717) is 29.7 Å². The van der Waals surface area contributed by atoms with Crippen LogP contribution in [-0.2, 0) is 9.53 Å². The van der Waals surface area contributed by atoms with E-state index >= 15 is 0 Å². The molecular formula is C14H16ClN3O3S. The van der Waals surface area contributed by atoms with Gasteiger partial charge in [0.1, 0.15) is 0 Å². The second-order valence-corrected chi connectivity index (χ2v) is 5.89. The van der Waals surface area contributed by atoms with Gasteiger partial charge in [0.25, 0.3) is 0 Å². The van der Waals surface area contributed by atoms with E-state index in [4.69, 9.17) is 16.3 Å². The van der Waals surface area contributed by atoms with Crippen molar-refractivity contribution >= 4 is 50.3 Å². The summed E-state index contributed by atoms with van der Waals surface area (Å²) < 4.78 is 5.71. The van der Waals surface area contributed by atoms with Gasteiger partial charge in [-0.1, -0.05) is 22.9 Å². The Morgan fingerprint density at radius 3 is 3.00 bits per heavy atom. The normalized spacial score (nSPS) is 10.5. The molecule has 0 atom stereocenters. The van der Waals surface area contributed by atoms with Gasteiger partial charge >= 0.3 is 12.0 Å². The van der Waals surface area contributed by atoms with Crippen molar-refractivity contribution in [3.8, 4) is 0 Å². The molecule has 0 fully saturated rings. The molecule has 22 heavy (non-hydrogen) atoms. The summed E-state index contributed by atoms with van der Waals surface area (Å²) in [5, 5.41) is 6.46. The first-order valence-corrected chi connectivity index (χ1v) is 8.04. The molecule has 2 rings (SSSR count). The quantitative estimate of drug-likeness (QED) is 0.623. The molecule has 8 heteroatoms. The molecule has 0 aliphatic carbocycles. The summed E-state index contributed by atoms with van der Waals surface area (Å²) >= 11 is 7.26. The molecule has 0 radical (unpaired) electrons. The summed E-state index contributed by atoms with van der Waals surface area (Å²) in [4.78, 5) is 27.2. The second-order valence-electron chi connectivity index (χ2n) is 4.42. The van der Waals surface area contributed by atoms with Crippen molar-refractivity contribution in [2.75, 3.05) is 18.5 Å². The number of benzene rings is 1. The molecule has 2 amide bonds. The number of anilines is 1. The molecule has 1 heterocycles. The lowest BCUT2D eigenvalue weighted by atomic mass is 10.3. The highest BCUT2D eigenvalue weighted by Gasteiger charge is 2.08. The number of carbonyl (C=O) groups is 2. The van der Waals surface area contributed by atoms with E-state index in [-0.39, 0.29) is 18.4 Å². The Hall–Kier alpha value is -1.86. The van der Waals surface area contributed by atoms with Crippen LogP contribution in [0.2, 0.25) is 5.02 Å². The first kappa shape index (κ1) is 16.5. The van der Waals surface area contributed by atoms with Crippen LogP contribution >= 0.6 is 22.9 Å². The molecule has 118 valence electrons. The van der Waals surface area contributed by atoms with Crippen molar-refractivity contribution < 1.29 is 14.3 Å². The van der Waals surface area contributed by atoms with E-state index in [9.17, 15) is 9.59 Å². The van der Waals surface area contributed by atoms with Crippen molar-refractivity contribution in [1.29, 1.82) is 0 Å². The Morgan fingerprint density at radius 2 is 2.23 bits per heavy atom. The van der Waals surface area contributed by atoms with Crippen molar-refractivity contribution in [1.82, 2.24) is 10.3 Å². The van der Waals surface area contributed by atoms with Crippen LogP contribution in [0.5, 0.6) is 0 Å². The fraction of sp³-hybridized carbons (Fsp3) is 0.357. The maximum absolute atomic E-state index is 11.7. The van der Waals surface area contributed by atoms with Crippen LogP contribution in [0.1, 0.15) is 19.8 Å². The fourth-order valence-corrected chi connectivity index (χ4v) is 2.90. The molecule has 0 bridgehead atoms. The second kappa shape index (κ2) is 7.95. The molecule has 0 unspecified atom stereocenters. The summed E-state index contributed by atoms with van der Waals surface area (Å²) in [6.07, 6.45) is 0.815. The lowest BCUT2D eigenvalue weighted by Gasteiger charge is -2.05. The van der Waals surface area contributed by atoms with Crippen molar-refractivity contribution in [2.24, 2.45) is 0 Å². The number of hydrogen-bond donors (Lipinski definition) is 2. The lowest BCUT2D eigenvalue weighted by molar-refractivity contribution is -0.143. The molecule has 0 spiro atoms. The lowest BCUT2D eigenvalue weighted by Crippen LogP contribution is -2.29. The number of halogens is 1. The third kappa shape index (κ3) is 4.85. The summed E-state index contributed by atoms with van der Waals surface area (Å²) in [7, 11) is 0. The number of esters is 1. The van der Waals surface area contributed by atoms with Gasteiger partial charge in [-0.2, -0.15) is 0 Å². The average molecular weight is 342 g/mol. The minimum absolute atomic E-state index is 0.257. The number of nitrogens with one attached hydrogen (secondary N) is 2. The van der Waals surface area contributed by atoms with Crippen LogP contribution in [0.3, 0.4) is 0 Å². The number of ether oxygens (including phenoxy) is 1. The van der Waals surface area contributed by atoms with Gasteiger partial charge in [-0.3, -0.25) is 10.1 Å². The Labute approximate surface area is 136 Å². The first-order valence-electron chi connectivity index (χ1n) is 6.85. The summed E-state index contributed by atoms with van der Waals surface area (Å²) in [6, 6.07) is 5.00. The number of aromatic nitrogens is 1.